The van der Waals surface area contributed by atoms with E-state index in [-0.39, 0.29) is 21.9 Å². The van der Waals surface area contributed by atoms with Gasteiger partial charge in [-0.15, -0.1) is 0 Å². The molecule has 1 aromatic heterocycles. The van der Waals surface area contributed by atoms with Crippen molar-refractivity contribution < 1.29 is 9.60 Å². The van der Waals surface area contributed by atoms with Gasteiger partial charge in [0.2, 0.25) is 0 Å². The summed E-state index contributed by atoms with van der Waals surface area (Å²) in [4.78, 5) is 18.2. The molecule has 20 heavy (non-hydrogen) atoms. The highest BCUT2D eigenvalue weighted by molar-refractivity contribution is 7.99. The zero-order valence-corrected chi connectivity index (χ0v) is 11.2. The quantitative estimate of drug-likeness (QED) is 0.261. The van der Waals surface area contributed by atoms with Crippen molar-refractivity contribution in [1.82, 2.24) is 9.97 Å². The third kappa shape index (κ3) is 3.15. The van der Waals surface area contributed by atoms with Crippen molar-refractivity contribution in [3.05, 3.63) is 51.7 Å². The van der Waals surface area contributed by atoms with Crippen molar-refractivity contribution in [1.29, 1.82) is 0 Å². The summed E-state index contributed by atoms with van der Waals surface area (Å²) < 4.78 is 13.9. The lowest BCUT2D eigenvalue weighted by atomic mass is 10.2. The molecule has 0 aliphatic rings. The van der Waals surface area contributed by atoms with E-state index >= 15 is 0 Å². The number of nitrogens with one attached hydrogen (secondary N) is 1. The Hall–Kier alpha value is -2.35. The minimum absolute atomic E-state index is 0.178. The number of oxime groups is 1. The van der Waals surface area contributed by atoms with Gasteiger partial charge in [-0.05, 0) is 36.9 Å². The van der Waals surface area contributed by atoms with Gasteiger partial charge in [-0.3, -0.25) is 4.79 Å². The molecule has 1 aromatic carbocycles. The van der Waals surface area contributed by atoms with Crippen molar-refractivity contribution >= 4 is 17.6 Å². The molecule has 6 nitrogen and oxygen atoms in total. The molecule has 0 spiro atoms. The summed E-state index contributed by atoms with van der Waals surface area (Å²) in [5, 5.41) is 11.6. The zero-order chi connectivity index (χ0) is 14.7. The van der Waals surface area contributed by atoms with E-state index in [1.165, 1.54) is 18.2 Å². The van der Waals surface area contributed by atoms with Crippen LogP contribution < -0.4 is 11.3 Å². The van der Waals surface area contributed by atoms with Crippen LogP contribution >= 0.6 is 11.8 Å². The number of nitrogens with two attached hydrogens (primary N) is 1. The van der Waals surface area contributed by atoms with Gasteiger partial charge in [0.05, 0.1) is 4.90 Å². The molecular formula is C12H11FN4O2S. The lowest BCUT2D eigenvalue weighted by Crippen LogP contribution is -2.13. The largest absolute Gasteiger partial charge is 0.409 e. The third-order valence-corrected chi connectivity index (χ3v) is 3.33. The molecule has 0 fully saturated rings. The van der Waals surface area contributed by atoms with E-state index in [1.54, 1.807) is 6.92 Å². The standard InChI is InChI=1S/C12H11FN4O2S/c1-6-4-10(18)16-12(15-6)20-9-3-2-7(5-8(9)13)11(14)17-19/h2-5,19H,1H3,(H2,14,17)(H,15,16,18). The maximum absolute atomic E-state index is 13.9. The average molecular weight is 294 g/mol. The normalized spacial score (nSPS) is 11.6. The third-order valence-electron chi connectivity index (χ3n) is 2.39. The van der Waals surface area contributed by atoms with E-state index in [1.807, 2.05) is 0 Å². The predicted molar refractivity (Wildman–Crippen MR) is 72.6 cm³/mol. The highest BCUT2D eigenvalue weighted by Crippen LogP contribution is 2.27. The van der Waals surface area contributed by atoms with E-state index in [9.17, 15) is 9.18 Å². The fourth-order valence-electron chi connectivity index (χ4n) is 1.50. The topological polar surface area (TPSA) is 104 Å². The van der Waals surface area contributed by atoms with Gasteiger partial charge >= 0.3 is 0 Å². The van der Waals surface area contributed by atoms with E-state index in [4.69, 9.17) is 10.9 Å². The molecule has 0 radical (unpaired) electrons. The number of aryl methyl sites for hydroxylation is 1. The van der Waals surface area contributed by atoms with E-state index in [0.29, 0.717) is 10.9 Å². The highest BCUT2D eigenvalue weighted by atomic mass is 32.2. The number of amidine groups is 1. The molecule has 0 unspecified atom stereocenters. The van der Waals surface area contributed by atoms with Gasteiger partial charge in [0.25, 0.3) is 5.56 Å². The van der Waals surface area contributed by atoms with E-state index in [0.717, 1.165) is 17.8 Å². The van der Waals surface area contributed by atoms with Crippen molar-refractivity contribution in [2.24, 2.45) is 10.9 Å². The second-order valence-corrected chi connectivity index (χ2v) is 4.96. The molecule has 4 N–H and O–H groups in total. The molecule has 8 heteroatoms. The molecule has 0 amide bonds. The number of rotatable bonds is 3. The summed E-state index contributed by atoms with van der Waals surface area (Å²) in [6.07, 6.45) is 0. The second-order valence-electron chi connectivity index (χ2n) is 3.92. The molecule has 0 aliphatic carbocycles. The molecule has 0 saturated heterocycles. The lowest BCUT2D eigenvalue weighted by molar-refractivity contribution is 0.318. The Morgan fingerprint density at radius 1 is 1.50 bits per heavy atom. The van der Waals surface area contributed by atoms with Gasteiger partial charge in [-0.25, -0.2) is 9.37 Å². The van der Waals surface area contributed by atoms with Gasteiger partial charge < -0.3 is 15.9 Å². The van der Waals surface area contributed by atoms with Crippen LogP contribution in [0.5, 0.6) is 0 Å². The van der Waals surface area contributed by atoms with Crippen LogP contribution in [0.1, 0.15) is 11.3 Å². The Labute approximate surface area is 117 Å². The molecule has 1 heterocycles. The summed E-state index contributed by atoms with van der Waals surface area (Å²) >= 11 is 0.986. The number of hydrogen-bond donors (Lipinski definition) is 3. The van der Waals surface area contributed by atoms with E-state index in [2.05, 4.69) is 15.1 Å². The Morgan fingerprint density at radius 2 is 2.25 bits per heavy atom. The van der Waals surface area contributed by atoms with Gasteiger partial charge in [-0.1, -0.05) is 5.16 Å². The first-order chi connectivity index (χ1) is 9.49. The van der Waals surface area contributed by atoms with Crippen LogP contribution in [0.3, 0.4) is 0 Å². The second kappa shape index (κ2) is 5.74. The summed E-state index contributed by atoms with van der Waals surface area (Å²) in [5.74, 6) is -0.731. The first kappa shape index (κ1) is 14.1. The van der Waals surface area contributed by atoms with E-state index < -0.39 is 5.82 Å². The predicted octanol–water partition coefficient (Wildman–Crippen LogP) is 1.46. The molecule has 0 aliphatic heterocycles. The molecule has 104 valence electrons. The summed E-state index contributed by atoms with van der Waals surface area (Å²) in [7, 11) is 0. The van der Waals surface area contributed by atoms with Crippen molar-refractivity contribution in [3.63, 3.8) is 0 Å². The maximum Gasteiger partial charge on any atom is 0.251 e. The molecule has 2 rings (SSSR count). The Bertz CT molecular complexity index is 730. The number of H-pyrrole nitrogens is 1. The van der Waals surface area contributed by atoms with Crippen LogP contribution in [0, 0.1) is 12.7 Å². The van der Waals surface area contributed by atoms with Crippen LogP contribution in [-0.4, -0.2) is 21.0 Å². The van der Waals surface area contributed by atoms with Crippen molar-refractivity contribution in [2.45, 2.75) is 17.0 Å². The van der Waals surface area contributed by atoms with Crippen molar-refractivity contribution in [2.75, 3.05) is 0 Å². The lowest BCUT2D eigenvalue weighted by Gasteiger charge is -2.05. The van der Waals surface area contributed by atoms with Gasteiger partial charge in [0.1, 0.15) is 5.82 Å². The summed E-state index contributed by atoms with van der Waals surface area (Å²) in [6, 6.07) is 5.47. The van der Waals surface area contributed by atoms with Gasteiger partial charge in [0, 0.05) is 17.3 Å². The minimum atomic E-state index is -0.553. The number of aromatic amines is 1. The van der Waals surface area contributed by atoms with Crippen LogP contribution in [0.2, 0.25) is 0 Å². The fraction of sp³-hybridized carbons (Fsp3) is 0.0833. The zero-order valence-electron chi connectivity index (χ0n) is 10.4. The van der Waals surface area contributed by atoms with Crippen LogP contribution in [-0.2, 0) is 0 Å². The number of aromatic nitrogens is 2. The number of hydrogen-bond acceptors (Lipinski definition) is 5. The molecule has 2 aromatic rings. The summed E-state index contributed by atoms with van der Waals surface area (Å²) in [6.45, 7) is 1.68. The number of benzene rings is 1. The number of nitrogens with zero attached hydrogens (tertiary/aromatic N) is 2. The van der Waals surface area contributed by atoms with Crippen LogP contribution in [0.15, 0.2) is 44.3 Å². The van der Waals surface area contributed by atoms with Gasteiger partial charge in [-0.2, -0.15) is 0 Å². The highest BCUT2D eigenvalue weighted by Gasteiger charge is 2.09. The van der Waals surface area contributed by atoms with Crippen LogP contribution in [0.4, 0.5) is 4.39 Å². The Morgan fingerprint density at radius 3 is 2.85 bits per heavy atom. The average Bonchev–Trinajstić information content (AvgIpc) is 2.39. The Balaban J connectivity index is 2.32. The van der Waals surface area contributed by atoms with Crippen molar-refractivity contribution in [3.8, 4) is 0 Å². The summed E-state index contributed by atoms with van der Waals surface area (Å²) in [5.41, 5.74) is 5.88. The number of halogens is 1. The first-order valence-electron chi connectivity index (χ1n) is 5.53. The molecular weight excluding hydrogens is 283 g/mol. The molecule has 0 bridgehead atoms. The monoisotopic (exact) mass is 294 g/mol. The smallest absolute Gasteiger partial charge is 0.251 e. The first-order valence-corrected chi connectivity index (χ1v) is 6.34. The maximum atomic E-state index is 13.9. The van der Waals surface area contributed by atoms with Gasteiger partial charge in [0.15, 0.2) is 11.0 Å². The molecule has 0 atom stereocenters. The SMILES string of the molecule is Cc1cc(=O)[nH]c(Sc2ccc(/C(N)=N/O)cc2F)n1. The van der Waals surface area contributed by atoms with Crippen LogP contribution in [0.25, 0.3) is 0 Å². The minimum Gasteiger partial charge on any atom is -0.409 e. The molecule has 0 saturated carbocycles. The Kier molecular flexibility index (Phi) is 4.04. The fourth-order valence-corrected chi connectivity index (χ4v) is 2.35.